The topological polar surface area (TPSA) is 71.2 Å². The molecule has 1 aliphatic heterocycles. The molecule has 1 N–H and O–H groups in total. The number of rotatable bonds is 3. The summed E-state index contributed by atoms with van der Waals surface area (Å²) in [5.74, 6) is -0.892. The number of anilines is 1. The Kier molecular flexibility index (Phi) is 4.20. The van der Waals surface area contributed by atoms with Crippen LogP contribution < -0.4 is 4.90 Å². The molecular formula is C17H13Cl2FN4O2. The van der Waals surface area contributed by atoms with Crippen LogP contribution in [0.3, 0.4) is 0 Å². The summed E-state index contributed by atoms with van der Waals surface area (Å²) >= 11 is 12.5. The highest BCUT2D eigenvalue weighted by atomic mass is 35.5. The number of aromatic nitrogens is 3. The lowest BCUT2D eigenvalue weighted by atomic mass is 10.1. The van der Waals surface area contributed by atoms with Crippen LogP contribution >= 0.6 is 23.2 Å². The molecule has 134 valence electrons. The van der Waals surface area contributed by atoms with Gasteiger partial charge in [-0.1, -0.05) is 23.2 Å². The van der Waals surface area contributed by atoms with Crippen LogP contribution in [0.25, 0.3) is 16.6 Å². The summed E-state index contributed by atoms with van der Waals surface area (Å²) < 4.78 is 15.9. The van der Waals surface area contributed by atoms with Crippen LogP contribution in [-0.4, -0.2) is 44.4 Å². The van der Waals surface area contributed by atoms with Gasteiger partial charge < -0.3 is 14.6 Å². The molecule has 4 rings (SSSR count). The van der Waals surface area contributed by atoms with Gasteiger partial charge in [-0.2, -0.15) is 0 Å². The Hall–Kier alpha value is -2.38. The van der Waals surface area contributed by atoms with Crippen molar-refractivity contribution in [3.05, 3.63) is 47.0 Å². The molecule has 2 atom stereocenters. The molecule has 0 saturated carbocycles. The minimum absolute atomic E-state index is 0.125. The third-order valence-corrected chi connectivity index (χ3v) is 5.29. The van der Waals surface area contributed by atoms with Crippen molar-refractivity contribution in [2.45, 2.75) is 18.6 Å². The molecule has 1 saturated heterocycles. The van der Waals surface area contributed by atoms with Crippen molar-refractivity contribution in [3.8, 4) is 5.69 Å². The zero-order valence-electron chi connectivity index (χ0n) is 13.3. The van der Waals surface area contributed by atoms with Gasteiger partial charge in [-0.25, -0.2) is 19.2 Å². The number of alkyl halides is 1. The third kappa shape index (κ3) is 2.68. The molecule has 0 amide bonds. The lowest BCUT2D eigenvalue weighted by Gasteiger charge is -2.24. The second-order valence-corrected chi connectivity index (χ2v) is 6.79. The van der Waals surface area contributed by atoms with Crippen LogP contribution in [0, 0.1) is 0 Å². The Bertz CT molecular complexity index is 996. The Morgan fingerprint density at radius 1 is 1.35 bits per heavy atom. The number of carboxylic acid groups (broad SMARTS) is 1. The number of hydrogen-bond donors (Lipinski definition) is 1. The van der Waals surface area contributed by atoms with E-state index < -0.39 is 18.2 Å². The van der Waals surface area contributed by atoms with Crippen molar-refractivity contribution in [1.29, 1.82) is 0 Å². The number of benzene rings is 1. The quantitative estimate of drug-likeness (QED) is 0.732. The maximum Gasteiger partial charge on any atom is 0.329 e. The monoisotopic (exact) mass is 394 g/mol. The second kappa shape index (κ2) is 6.41. The van der Waals surface area contributed by atoms with Crippen molar-refractivity contribution >= 4 is 45.9 Å². The summed E-state index contributed by atoms with van der Waals surface area (Å²) in [4.78, 5) is 21.5. The van der Waals surface area contributed by atoms with Crippen molar-refractivity contribution in [3.63, 3.8) is 0 Å². The van der Waals surface area contributed by atoms with Gasteiger partial charge in [0.25, 0.3) is 0 Å². The van der Waals surface area contributed by atoms with Gasteiger partial charge in [0.2, 0.25) is 0 Å². The first-order valence-electron chi connectivity index (χ1n) is 7.88. The van der Waals surface area contributed by atoms with Crippen LogP contribution in [0.15, 0.2) is 36.9 Å². The van der Waals surface area contributed by atoms with E-state index in [9.17, 15) is 14.3 Å². The van der Waals surface area contributed by atoms with Gasteiger partial charge in [0.1, 0.15) is 12.0 Å². The molecule has 0 aliphatic carbocycles. The second-order valence-electron chi connectivity index (χ2n) is 6.01. The number of nitrogens with zero attached hydrogens (tertiary/aromatic N) is 4. The molecule has 1 aliphatic rings. The summed E-state index contributed by atoms with van der Waals surface area (Å²) in [5, 5.41) is 10.7. The van der Waals surface area contributed by atoms with Crippen LogP contribution in [-0.2, 0) is 4.79 Å². The molecule has 0 spiro atoms. The highest BCUT2D eigenvalue weighted by molar-refractivity contribution is 6.45. The summed E-state index contributed by atoms with van der Waals surface area (Å²) in [6.45, 7) is 0.248. The predicted molar refractivity (Wildman–Crippen MR) is 97.2 cm³/mol. The summed E-state index contributed by atoms with van der Waals surface area (Å²) in [6, 6.07) is 3.88. The zero-order chi connectivity index (χ0) is 18.4. The van der Waals surface area contributed by atoms with Crippen LogP contribution in [0.5, 0.6) is 0 Å². The summed E-state index contributed by atoms with van der Waals surface area (Å²) in [6.07, 6.45) is 3.64. The number of carboxylic acids is 1. The minimum Gasteiger partial charge on any atom is -0.480 e. The molecule has 6 nitrogen and oxygen atoms in total. The van der Waals surface area contributed by atoms with E-state index >= 15 is 0 Å². The van der Waals surface area contributed by atoms with E-state index in [1.165, 1.54) is 4.90 Å². The molecule has 2 aromatic heterocycles. The Morgan fingerprint density at radius 2 is 2.15 bits per heavy atom. The van der Waals surface area contributed by atoms with Gasteiger partial charge in [0, 0.05) is 30.4 Å². The molecule has 3 aromatic rings. The molecule has 26 heavy (non-hydrogen) atoms. The van der Waals surface area contributed by atoms with E-state index in [0.717, 1.165) is 5.39 Å². The zero-order valence-corrected chi connectivity index (χ0v) is 14.8. The number of hydrogen-bond acceptors (Lipinski definition) is 4. The number of pyridine rings is 1. The van der Waals surface area contributed by atoms with E-state index in [0.29, 0.717) is 22.0 Å². The van der Waals surface area contributed by atoms with Crippen molar-refractivity contribution in [2.75, 3.05) is 11.4 Å². The molecule has 1 fully saturated rings. The predicted octanol–water partition coefficient (Wildman–Crippen LogP) is 3.73. The first-order valence-corrected chi connectivity index (χ1v) is 8.63. The highest BCUT2D eigenvalue weighted by Crippen LogP contribution is 2.36. The number of fused-ring (bicyclic) bond motifs is 1. The van der Waals surface area contributed by atoms with E-state index in [1.54, 1.807) is 41.5 Å². The Labute approximate surface area is 157 Å². The molecule has 0 unspecified atom stereocenters. The van der Waals surface area contributed by atoms with Crippen LogP contribution in [0.1, 0.15) is 6.42 Å². The van der Waals surface area contributed by atoms with Crippen molar-refractivity contribution < 1.29 is 14.3 Å². The lowest BCUT2D eigenvalue weighted by molar-refractivity contribution is -0.139. The van der Waals surface area contributed by atoms with Gasteiger partial charge in [-0.15, -0.1) is 0 Å². The van der Waals surface area contributed by atoms with E-state index in [-0.39, 0.29) is 18.0 Å². The summed E-state index contributed by atoms with van der Waals surface area (Å²) in [7, 11) is 0. The molecule has 9 heteroatoms. The highest BCUT2D eigenvalue weighted by Gasteiger charge is 2.40. The Morgan fingerprint density at radius 3 is 2.85 bits per heavy atom. The van der Waals surface area contributed by atoms with E-state index in [4.69, 9.17) is 23.2 Å². The lowest BCUT2D eigenvalue weighted by Crippen LogP contribution is -2.41. The molecule has 1 aromatic carbocycles. The van der Waals surface area contributed by atoms with Gasteiger partial charge in [-0.3, -0.25) is 0 Å². The van der Waals surface area contributed by atoms with Gasteiger partial charge in [0.05, 0.1) is 27.6 Å². The minimum atomic E-state index is -1.46. The number of imidazole rings is 1. The molecule has 3 heterocycles. The van der Waals surface area contributed by atoms with Gasteiger partial charge in [-0.05, 0) is 18.6 Å². The van der Waals surface area contributed by atoms with Crippen molar-refractivity contribution in [2.24, 2.45) is 0 Å². The molecule has 0 bridgehead atoms. The third-order valence-electron chi connectivity index (χ3n) is 4.49. The van der Waals surface area contributed by atoms with Crippen LogP contribution in [0.4, 0.5) is 10.2 Å². The number of aliphatic carboxylic acids is 1. The largest absolute Gasteiger partial charge is 0.480 e. The normalized spacial score (nSPS) is 20.0. The van der Waals surface area contributed by atoms with Crippen LogP contribution in [0.2, 0.25) is 10.0 Å². The first-order chi connectivity index (χ1) is 12.5. The van der Waals surface area contributed by atoms with Gasteiger partial charge >= 0.3 is 5.97 Å². The number of carbonyl (C=O) groups is 1. The fraction of sp³-hybridized carbons (Fsp3) is 0.235. The van der Waals surface area contributed by atoms with Crippen molar-refractivity contribution in [1.82, 2.24) is 14.5 Å². The van der Waals surface area contributed by atoms with E-state index in [1.807, 2.05) is 0 Å². The average molecular weight is 395 g/mol. The van der Waals surface area contributed by atoms with Gasteiger partial charge in [0.15, 0.2) is 6.04 Å². The fourth-order valence-electron chi connectivity index (χ4n) is 3.26. The smallest absolute Gasteiger partial charge is 0.329 e. The molecular weight excluding hydrogens is 382 g/mol. The SMILES string of the molecule is O=C(O)[C@@H]1[C@@H](F)CCN1c1cc(-n2ccnc2)c2ccc(Cl)c(Cl)c2n1. The molecule has 0 radical (unpaired) electrons. The maximum atomic E-state index is 14.1. The standard InChI is InChI=1S/C17H13Cl2FN4O2/c18-10-2-1-9-12(23-6-4-21-8-23)7-13(22-15(9)14(10)19)24-5-3-11(20)16(24)17(25)26/h1-2,4,6-8,11,16H,3,5H2,(H,25,26)/t11-,16-/m0/s1. The number of halogens is 3. The summed E-state index contributed by atoms with van der Waals surface area (Å²) in [5.41, 5.74) is 1.12. The Balaban J connectivity index is 1.96. The van der Waals surface area contributed by atoms with E-state index in [2.05, 4.69) is 9.97 Å². The fourth-order valence-corrected chi connectivity index (χ4v) is 3.62. The maximum absolute atomic E-state index is 14.1. The average Bonchev–Trinajstić information content (AvgIpc) is 3.27. The first kappa shape index (κ1) is 17.1.